The zero-order chi connectivity index (χ0) is 9.64. The van der Waals surface area contributed by atoms with Crippen LogP contribution in [-0.2, 0) is 6.61 Å². The van der Waals surface area contributed by atoms with Gasteiger partial charge < -0.3 is 4.74 Å². The largest absolute Gasteiger partial charge is 0.489 e. The minimum atomic E-state index is 0.582. The van der Waals surface area contributed by atoms with Gasteiger partial charge in [-0.25, -0.2) is 0 Å². The lowest BCUT2D eigenvalue weighted by Gasteiger charge is -2.04. The van der Waals surface area contributed by atoms with Crippen LogP contribution in [0.1, 0.15) is 5.56 Å². The van der Waals surface area contributed by atoms with Crippen LogP contribution in [0.25, 0.3) is 0 Å². The molecule has 0 fully saturated rings. The van der Waals surface area contributed by atoms with E-state index in [1.165, 1.54) is 0 Å². The molecule has 2 nitrogen and oxygen atoms in total. The topological polar surface area (TPSA) is 22.1 Å². The summed E-state index contributed by atoms with van der Waals surface area (Å²) in [6.45, 7) is 0.582. The highest BCUT2D eigenvalue weighted by Gasteiger charge is 1.93. The fraction of sp³-hybridized carbons (Fsp3) is 0.0833. The molecule has 0 saturated heterocycles. The van der Waals surface area contributed by atoms with Crippen molar-refractivity contribution in [3.63, 3.8) is 0 Å². The molecule has 69 valence electrons. The third-order valence-electron chi connectivity index (χ3n) is 1.84. The van der Waals surface area contributed by atoms with Gasteiger partial charge >= 0.3 is 0 Å². The normalized spacial score (nSPS) is 9.71. The smallest absolute Gasteiger partial charge is 0.122 e. The van der Waals surface area contributed by atoms with Crippen molar-refractivity contribution < 1.29 is 4.74 Å². The van der Waals surface area contributed by atoms with Gasteiger partial charge in [0, 0.05) is 12.4 Å². The van der Waals surface area contributed by atoms with Crippen LogP contribution in [0, 0.1) is 6.07 Å². The fourth-order valence-corrected chi connectivity index (χ4v) is 1.12. The Morgan fingerprint density at radius 3 is 2.50 bits per heavy atom. The summed E-state index contributed by atoms with van der Waals surface area (Å²) in [4.78, 5) is 3.92. The van der Waals surface area contributed by atoms with E-state index in [0.717, 1.165) is 11.3 Å². The lowest BCUT2D eigenvalue weighted by atomic mass is 10.2. The number of aromatic nitrogens is 1. The second-order valence-electron chi connectivity index (χ2n) is 2.88. The number of hydrogen-bond donors (Lipinski definition) is 0. The molecule has 2 heteroatoms. The maximum absolute atomic E-state index is 5.54. The summed E-state index contributed by atoms with van der Waals surface area (Å²) in [7, 11) is 0. The van der Waals surface area contributed by atoms with Gasteiger partial charge in [-0.15, -0.1) is 0 Å². The highest BCUT2D eigenvalue weighted by atomic mass is 16.5. The lowest BCUT2D eigenvalue weighted by molar-refractivity contribution is 0.306. The quantitative estimate of drug-likeness (QED) is 0.731. The zero-order valence-corrected chi connectivity index (χ0v) is 7.68. The minimum Gasteiger partial charge on any atom is -0.489 e. The van der Waals surface area contributed by atoms with Gasteiger partial charge in [0.1, 0.15) is 12.4 Å². The summed E-state index contributed by atoms with van der Waals surface area (Å²) in [5.41, 5.74) is 1.14. The summed E-state index contributed by atoms with van der Waals surface area (Å²) in [6, 6.07) is 14.4. The number of nitrogens with zero attached hydrogens (tertiary/aromatic N) is 1. The van der Waals surface area contributed by atoms with E-state index in [1.807, 2.05) is 36.4 Å². The SMILES string of the molecule is [c]1ccc(COc2ccncc2)cc1. The third-order valence-corrected chi connectivity index (χ3v) is 1.84. The molecule has 0 spiro atoms. The molecule has 1 radical (unpaired) electrons. The fourth-order valence-electron chi connectivity index (χ4n) is 1.12. The second kappa shape index (κ2) is 4.42. The van der Waals surface area contributed by atoms with E-state index in [-0.39, 0.29) is 0 Å². The maximum atomic E-state index is 5.54. The molecule has 2 rings (SSSR count). The molecule has 1 aromatic heterocycles. The molecular formula is C12H10NO. The standard InChI is InChI=1S/C12H10NO/c1-2-4-11(5-3-1)10-14-12-6-8-13-9-7-12/h2-9H,10H2. The van der Waals surface area contributed by atoms with Crippen molar-refractivity contribution in [1.29, 1.82) is 0 Å². The van der Waals surface area contributed by atoms with Crippen molar-refractivity contribution in [2.24, 2.45) is 0 Å². The van der Waals surface area contributed by atoms with E-state index in [1.54, 1.807) is 12.4 Å². The molecule has 0 aliphatic carbocycles. The van der Waals surface area contributed by atoms with Gasteiger partial charge in [0.15, 0.2) is 0 Å². The van der Waals surface area contributed by atoms with Crippen LogP contribution in [0.2, 0.25) is 0 Å². The van der Waals surface area contributed by atoms with Crippen molar-refractivity contribution in [3.05, 3.63) is 60.4 Å². The van der Waals surface area contributed by atoms with E-state index >= 15 is 0 Å². The first-order valence-corrected chi connectivity index (χ1v) is 4.43. The van der Waals surface area contributed by atoms with Crippen molar-refractivity contribution in [1.82, 2.24) is 4.98 Å². The van der Waals surface area contributed by atoms with Crippen LogP contribution in [-0.4, -0.2) is 4.98 Å². The Morgan fingerprint density at radius 1 is 1.07 bits per heavy atom. The van der Waals surface area contributed by atoms with E-state index in [0.29, 0.717) is 6.61 Å². The first-order valence-electron chi connectivity index (χ1n) is 4.43. The van der Waals surface area contributed by atoms with E-state index in [4.69, 9.17) is 4.74 Å². The predicted molar refractivity (Wildman–Crippen MR) is 53.8 cm³/mol. The van der Waals surface area contributed by atoms with E-state index < -0.39 is 0 Å². The number of rotatable bonds is 3. The molecule has 0 unspecified atom stereocenters. The van der Waals surface area contributed by atoms with E-state index in [2.05, 4.69) is 11.1 Å². The average Bonchev–Trinajstić information content (AvgIpc) is 2.29. The third kappa shape index (κ3) is 2.33. The van der Waals surface area contributed by atoms with Crippen LogP contribution in [0.3, 0.4) is 0 Å². The Morgan fingerprint density at radius 2 is 1.79 bits per heavy atom. The Hall–Kier alpha value is -1.83. The van der Waals surface area contributed by atoms with Gasteiger partial charge in [0.25, 0.3) is 0 Å². The second-order valence-corrected chi connectivity index (χ2v) is 2.88. The lowest BCUT2D eigenvalue weighted by Crippen LogP contribution is -1.94. The van der Waals surface area contributed by atoms with Gasteiger partial charge in [-0.05, 0) is 23.8 Å². The Bertz CT molecular complexity index is 333. The molecule has 0 bridgehead atoms. The Kier molecular flexibility index (Phi) is 2.76. The molecule has 0 aliphatic heterocycles. The van der Waals surface area contributed by atoms with E-state index in [9.17, 15) is 0 Å². The van der Waals surface area contributed by atoms with Gasteiger partial charge in [-0.2, -0.15) is 0 Å². The molecule has 0 saturated carbocycles. The molecule has 1 aromatic carbocycles. The number of ether oxygens (including phenoxy) is 1. The summed E-state index contributed by atoms with van der Waals surface area (Å²) >= 11 is 0. The minimum absolute atomic E-state index is 0.582. The molecule has 0 N–H and O–H groups in total. The number of pyridine rings is 1. The van der Waals surface area contributed by atoms with Crippen molar-refractivity contribution in [2.45, 2.75) is 6.61 Å². The highest BCUT2D eigenvalue weighted by molar-refractivity contribution is 5.19. The number of hydrogen-bond acceptors (Lipinski definition) is 2. The Balaban J connectivity index is 1.96. The van der Waals surface area contributed by atoms with Crippen LogP contribution >= 0.6 is 0 Å². The molecule has 1 heterocycles. The average molecular weight is 184 g/mol. The van der Waals surface area contributed by atoms with Crippen molar-refractivity contribution >= 4 is 0 Å². The molecule has 0 aliphatic rings. The first-order chi connectivity index (χ1) is 6.95. The van der Waals surface area contributed by atoms with Gasteiger partial charge in [-0.3, -0.25) is 4.98 Å². The van der Waals surface area contributed by atoms with Crippen LogP contribution < -0.4 is 4.74 Å². The van der Waals surface area contributed by atoms with Crippen LogP contribution in [0.4, 0.5) is 0 Å². The van der Waals surface area contributed by atoms with Crippen LogP contribution in [0.5, 0.6) is 5.75 Å². The summed E-state index contributed by atoms with van der Waals surface area (Å²) < 4.78 is 5.54. The molecular weight excluding hydrogens is 174 g/mol. The number of benzene rings is 1. The summed E-state index contributed by atoms with van der Waals surface area (Å²) in [5.74, 6) is 0.841. The predicted octanol–water partition coefficient (Wildman–Crippen LogP) is 2.46. The highest BCUT2D eigenvalue weighted by Crippen LogP contribution is 2.09. The Labute approximate surface area is 83.2 Å². The first kappa shape index (κ1) is 8.75. The van der Waals surface area contributed by atoms with Crippen LogP contribution in [0.15, 0.2) is 48.8 Å². The van der Waals surface area contributed by atoms with Gasteiger partial charge in [0.05, 0.1) is 0 Å². The molecule has 0 amide bonds. The maximum Gasteiger partial charge on any atom is 0.122 e. The monoisotopic (exact) mass is 184 g/mol. The summed E-state index contributed by atoms with van der Waals surface area (Å²) in [6.07, 6.45) is 3.43. The molecule has 0 atom stereocenters. The molecule has 2 aromatic rings. The van der Waals surface area contributed by atoms with Crippen molar-refractivity contribution in [2.75, 3.05) is 0 Å². The van der Waals surface area contributed by atoms with Gasteiger partial charge in [-0.1, -0.05) is 24.3 Å². The summed E-state index contributed by atoms with van der Waals surface area (Å²) in [5, 5.41) is 0. The molecule has 14 heavy (non-hydrogen) atoms. The zero-order valence-electron chi connectivity index (χ0n) is 7.68. The van der Waals surface area contributed by atoms with Crippen molar-refractivity contribution in [3.8, 4) is 5.75 Å². The van der Waals surface area contributed by atoms with Gasteiger partial charge in [0.2, 0.25) is 0 Å².